The van der Waals surface area contributed by atoms with E-state index in [9.17, 15) is 29.2 Å². The Morgan fingerprint density at radius 3 is 2.10 bits per heavy atom. The molecule has 5 saturated heterocycles. The maximum atomic E-state index is 11.7. The van der Waals surface area contributed by atoms with E-state index in [1.54, 1.807) is 0 Å². The fourth-order valence-corrected chi connectivity index (χ4v) is 4.12. The first-order chi connectivity index (χ1) is 9.66. The normalized spacial score (nSPS) is 54.4. The van der Waals surface area contributed by atoms with E-state index in [4.69, 9.17) is 0 Å². The van der Waals surface area contributed by atoms with Gasteiger partial charge < -0.3 is 15.3 Å². The van der Waals surface area contributed by atoms with E-state index in [-0.39, 0.29) is 0 Å². The molecule has 5 fully saturated rings. The summed E-state index contributed by atoms with van der Waals surface area (Å²) in [6, 6.07) is 0. The Kier molecular flexibility index (Phi) is 3.64. The molecule has 0 radical (unpaired) electrons. The molecule has 1 spiro atoms. The zero-order valence-electron chi connectivity index (χ0n) is 10.1. The number of hydrogen-bond acceptors (Lipinski definition) is 12. The maximum Gasteiger partial charge on any atom is 0.487 e. The Labute approximate surface area is 116 Å². The van der Waals surface area contributed by atoms with Crippen LogP contribution in [0, 0.1) is 0 Å². The lowest BCUT2D eigenvalue weighted by atomic mass is 10.1. The van der Waals surface area contributed by atoms with Crippen LogP contribution in [0.1, 0.15) is 0 Å². The van der Waals surface area contributed by atoms with Gasteiger partial charge in [0.05, 0.1) is 6.61 Å². The summed E-state index contributed by atoms with van der Waals surface area (Å²) in [5.74, 6) is -1.09. The Morgan fingerprint density at radius 2 is 1.52 bits per heavy atom. The van der Waals surface area contributed by atoms with Gasteiger partial charge in [0, 0.05) is 0 Å². The molecule has 3 bridgehead atoms. The van der Waals surface area contributed by atoms with E-state index in [0.29, 0.717) is 0 Å². The average molecular weight is 348 g/mol. The minimum atomic E-state index is -4.17. The molecular formula is C7H10O12P2. The van der Waals surface area contributed by atoms with Crippen LogP contribution in [-0.4, -0.2) is 58.8 Å². The lowest BCUT2D eigenvalue weighted by Gasteiger charge is -2.48. The third-order valence-corrected chi connectivity index (χ3v) is 5.41. The second kappa shape index (κ2) is 4.88. The minimum absolute atomic E-state index is 0.780. The van der Waals surface area contributed by atoms with Crippen molar-refractivity contribution in [3.8, 4) is 0 Å². The SMILES string of the molecule is O=C1COP2(=O)OC3(O2)OP(=O)(OC[C@H](O)[C@@H](O)[C@H]1O)O3. The van der Waals surface area contributed by atoms with Crippen LogP contribution >= 0.6 is 15.6 Å². The number of hydrogen-bond donors (Lipinski definition) is 3. The summed E-state index contributed by atoms with van der Waals surface area (Å²) in [4.78, 5) is 11.5. The second-order valence-electron chi connectivity index (χ2n) is 4.30. The van der Waals surface area contributed by atoms with E-state index in [0.717, 1.165) is 0 Å². The minimum Gasteiger partial charge on any atom is -0.388 e. The van der Waals surface area contributed by atoms with Crippen molar-refractivity contribution in [3.05, 3.63) is 0 Å². The van der Waals surface area contributed by atoms with Crippen molar-refractivity contribution < 1.29 is 56.4 Å². The first kappa shape index (κ1) is 15.7. The zero-order chi connectivity index (χ0) is 15.5. The summed E-state index contributed by atoms with van der Waals surface area (Å²) in [5, 5.41) is 28.5. The molecule has 5 rings (SSSR count). The van der Waals surface area contributed by atoms with Crippen molar-refractivity contribution in [1.29, 1.82) is 0 Å². The van der Waals surface area contributed by atoms with Crippen molar-refractivity contribution in [1.82, 2.24) is 0 Å². The van der Waals surface area contributed by atoms with Crippen LogP contribution in [0.25, 0.3) is 0 Å². The Bertz CT molecular complexity index is 538. The second-order valence-corrected chi connectivity index (χ2v) is 7.33. The van der Waals surface area contributed by atoms with Crippen molar-refractivity contribution >= 4 is 21.4 Å². The number of carbonyl (C=O) groups excluding carboxylic acids is 1. The van der Waals surface area contributed by atoms with Gasteiger partial charge in [-0.2, -0.15) is 0 Å². The molecule has 21 heavy (non-hydrogen) atoms. The number of carbonyl (C=O) groups is 1. The van der Waals surface area contributed by atoms with E-state index >= 15 is 0 Å². The molecule has 0 aromatic carbocycles. The zero-order valence-corrected chi connectivity index (χ0v) is 11.8. The Balaban J connectivity index is 1.78. The quantitative estimate of drug-likeness (QED) is 0.439. The van der Waals surface area contributed by atoms with Crippen molar-refractivity contribution in [3.63, 3.8) is 0 Å². The molecule has 0 aliphatic carbocycles. The van der Waals surface area contributed by atoms with Crippen LogP contribution in [0.4, 0.5) is 0 Å². The molecule has 12 nitrogen and oxygen atoms in total. The van der Waals surface area contributed by atoms with Gasteiger partial charge in [-0.3, -0.25) is 13.8 Å². The van der Waals surface area contributed by atoms with Crippen LogP contribution in [0.15, 0.2) is 0 Å². The lowest BCUT2D eigenvalue weighted by molar-refractivity contribution is -0.481. The number of aliphatic hydroxyl groups is 3. The van der Waals surface area contributed by atoms with Gasteiger partial charge in [0.1, 0.15) is 24.9 Å². The molecule has 14 heteroatoms. The van der Waals surface area contributed by atoms with Gasteiger partial charge in [-0.1, -0.05) is 0 Å². The fraction of sp³-hybridized carbons (Fsp3) is 0.857. The van der Waals surface area contributed by atoms with Crippen molar-refractivity contribution in [2.45, 2.75) is 24.5 Å². The summed E-state index contributed by atoms with van der Waals surface area (Å²) in [5.41, 5.74) is 0. The highest BCUT2D eigenvalue weighted by molar-refractivity contribution is 7.52. The van der Waals surface area contributed by atoms with Crippen LogP contribution < -0.4 is 0 Å². The highest BCUT2D eigenvalue weighted by Crippen LogP contribution is 2.78. The van der Waals surface area contributed by atoms with Gasteiger partial charge in [-0.15, -0.1) is 0 Å². The lowest BCUT2D eigenvalue weighted by Crippen LogP contribution is -2.53. The van der Waals surface area contributed by atoms with Crippen LogP contribution in [-0.2, 0) is 41.1 Å². The molecule has 3 atom stereocenters. The molecule has 0 aromatic heterocycles. The van der Waals surface area contributed by atoms with E-state index < -0.39 is 59.1 Å². The number of phosphoric ester groups is 2. The molecule has 5 heterocycles. The highest BCUT2D eigenvalue weighted by atomic mass is 31.2. The summed E-state index contributed by atoms with van der Waals surface area (Å²) < 4.78 is 50.7. The number of rotatable bonds is 0. The third kappa shape index (κ3) is 2.74. The predicted molar refractivity (Wildman–Crippen MR) is 57.2 cm³/mol. The van der Waals surface area contributed by atoms with E-state index in [1.165, 1.54) is 0 Å². The van der Waals surface area contributed by atoms with Crippen molar-refractivity contribution in [2.24, 2.45) is 0 Å². The predicted octanol–water partition coefficient (Wildman–Crippen LogP) is -1.39. The van der Waals surface area contributed by atoms with E-state index in [2.05, 4.69) is 27.1 Å². The number of ketones is 1. The summed E-state index contributed by atoms with van der Waals surface area (Å²) in [7, 11) is -8.30. The third-order valence-electron chi connectivity index (χ3n) is 2.71. The van der Waals surface area contributed by atoms with E-state index in [1.807, 2.05) is 0 Å². The van der Waals surface area contributed by atoms with Crippen molar-refractivity contribution in [2.75, 3.05) is 13.2 Å². The molecule has 3 N–H and O–H groups in total. The van der Waals surface area contributed by atoms with Crippen LogP contribution in [0.2, 0.25) is 0 Å². The number of phosphoric acid groups is 2. The van der Waals surface area contributed by atoms with Crippen LogP contribution in [0.5, 0.6) is 0 Å². The van der Waals surface area contributed by atoms with Gasteiger partial charge in [-0.25, -0.2) is 27.2 Å². The summed E-state index contributed by atoms with van der Waals surface area (Å²) in [6.45, 7) is -1.71. The van der Waals surface area contributed by atoms with Crippen LogP contribution in [0.3, 0.4) is 0 Å². The maximum absolute atomic E-state index is 11.7. The fourth-order valence-electron chi connectivity index (χ4n) is 1.63. The Hall–Kier alpha value is -0.230. The molecule has 5 aliphatic heterocycles. The molecule has 0 unspecified atom stereocenters. The summed E-state index contributed by atoms with van der Waals surface area (Å²) >= 11 is 0. The smallest absolute Gasteiger partial charge is 0.388 e. The molecule has 5 aliphatic rings. The standard InChI is InChI=1S/C7H10O12P2/c8-3-1-14-20(12)16-7(17-20)18-21(13,19-7)15-2-4(9)6(11)5(3)10/h3,5-6,8,10-11H,1-2H2/t3-,5+,6-,7?,20?,21?/m0/s1. The number of Topliss-reactive ketones (excluding diaryl/α,β-unsaturated/α-hetero) is 1. The topological polar surface area (TPSA) is 167 Å². The molecule has 120 valence electrons. The Morgan fingerprint density at radius 1 is 1.00 bits per heavy atom. The molecular weight excluding hydrogens is 338 g/mol. The van der Waals surface area contributed by atoms with Gasteiger partial charge in [0.2, 0.25) is 0 Å². The van der Waals surface area contributed by atoms with Gasteiger partial charge in [0.25, 0.3) is 0 Å². The highest BCUT2D eigenvalue weighted by Gasteiger charge is 2.74. The van der Waals surface area contributed by atoms with Gasteiger partial charge in [0.15, 0.2) is 5.78 Å². The monoisotopic (exact) mass is 348 g/mol. The first-order valence-electron chi connectivity index (χ1n) is 5.55. The first-order valence-corrected chi connectivity index (χ1v) is 8.47. The molecule has 0 aromatic rings. The molecule has 0 amide bonds. The average Bonchev–Trinajstić information content (AvgIpc) is 2.36. The number of aliphatic hydroxyl groups excluding tert-OH is 3. The largest absolute Gasteiger partial charge is 0.487 e. The summed E-state index contributed by atoms with van der Waals surface area (Å²) in [6.07, 6.45) is -8.08. The van der Waals surface area contributed by atoms with Gasteiger partial charge >= 0.3 is 21.8 Å². The molecule has 0 saturated carbocycles. The van der Waals surface area contributed by atoms with Gasteiger partial charge in [-0.05, 0) is 0 Å².